The van der Waals surface area contributed by atoms with E-state index in [0.29, 0.717) is 51.3 Å². The van der Waals surface area contributed by atoms with Crippen LogP contribution in [0.2, 0.25) is 0 Å². The Morgan fingerprint density at radius 3 is 2.43 bits per heavy atom. The Morgan fingerprint density at radius 2 is 1.79 bits per heavy atom. The molecule has 13 heteroatoms. The van der Waals surface area contributed by atoms with Crippen LogP contribution >= 0.6 is 11.3 Å². The molecule has 47 heavy (non-hydrogen) atoms. The second-order valence-electron chi connectivity index (χ2n) is 13.8. The molecule has 3 N–H and O–H groups in total. The minimum Gasteiger partial charge on any atom is -0.461 e. The SMILES string of the molecule is CC(C)OC(=O)[C@H](O)[C@H](CC1CCCCC1)N(CC1(O)CCCCC1)C(=O)[C@@H](CC(=O)NCC(=O)N1CCOCC1)Cc1cscn1. The minimum atomic E-state index is -1.62. The molecule has 3 atom stereocenters. The molecule has 1 saturated heterocycles. The summed E-state index contributed by atoms with van der Waals surface area (Å²) in [4.78, 5) is 61.6. The van der Waals surface area contributed by atoms with E-state index in [-0.39, 0.29) is 37.8 Å². The maximum absolute atomic E-state index is 14.8. The first-order chi connectivity index (χ1) is 22.5. The molecule has 264 valence electrons. The monoisotopic (exact) mass is 678 g/mol. The van der Waals surface area contributed by atoms with Crippen LogP contribution < -0.4 is 5.32 Å². The van der Waals surface area contributed by atoms with Gasteiger partial charge in [-0.15, -0.1) is 11.3 Å². The van der Waals surface area contributed by atoms with Gasteiger partial charge in [-0.3, -0.25) is 14.4 Å². The van der Waals surface area contributed by atoms with Gasteiger partial charge in [0.25, 0.3) is 0 Å². The Kier molecular flexibility index (Phi) is 14.4. The molecule has 0 radical (unpaired) electrons. The van der Waals surface area contributed by atoms with Gasteiger partial charge < -0.3 is 34.8 Å². The largest absolute Gasteiger partial charge is 0.461 e. The molecule has 0 spiro atoms. The fourth-order valence-electron chi connectivity index (χ4n) is 7.16. The van der Waals surface area contributed by atoms with E-state index in [0.717, 1.165) is 51.4 Å². The van der Waals surface area contributed by atoms with E-state index in [2.05, 4.69) is 10.3 Å². The molecule has 3 amide bonds. The highest BCUT2D eigenvalue weighted by Gasteiger charge is 2.43. The van der Waals surface area contributed by atoms with E-state index in [1.807, 2.05) is 5.38 Å². The molecule has 1 aromatic heterocycles. The Balaban J connectivity index is 1.61. The zero-order valence-electron chi connectivity index (χ0n) is 28.1. The van der Waals surface area contributed by atoms with Gasteiger partial charge in [-0.25, -0.2) is 9.78 Å². The van der Waals surface area contributed by atoms with Gasteiger partial charge >= 0.3 is 5.97 Å². The van der Waals surface area contributed by atoms with E-state index in [1.165, 1.54) is 16.2 Å². The number of nitrogens with zero attached hydrogens (tertiary/aromatic N) is 3. The van der Waals surface area contributed by atoms with Crippen LogP contribution in [0.3, 0.4) is 0 Å². The van der Waals surface area contributed by atoms with Crippen LogP contribution in [-0.4, -0.2) is 112 Å². The number of nitrogens with one attached hydrogen (secondary N) is 1. The van der Waals surface area contributed by atoms with Gasteiger partial charge in [0.2, 0.25) is 17.7 Å². The summed E-state index contributed by atoms with van der Waals surface area (Å²) in [6, 6.07) is -0.938. The predicted octanol–water partition coefficient (Wildman–Crippen LogP) is 2.84. The lowest BCUT2D eigenvalue weighted by Gasteiger charge is -2.44. The van der Waals surface area contributed by atoms with E-state index in [9.17, 15) is 29.4 Å². The number of rotatable bonds is 15. The van der Waals surface area contributed by atoms with E-state index >= 15 is 0 Å². The first kappa shape index (κ1) is 37.2. The number of ether oxygens (including phenoxy) is 2. The molecule has 0 aromatic carbocycles. The second kappa shape index (κ2) is 18.2. The number of aromatic nitrogens is 1. The number of amides is 3. The summed E-state index contributed by atoms with van der Waals surface area (Å²) in [6.45, 7) is 4.99. The van der Waals surface area contributed by atoms with Crippen molar-refractivity contribution in [1.29, 1.82) is 0 Å². The molecule has 3 fully saturated rings. The summed E-state index contributed by atoms with van der Waals surface area (Å²) in [5.41, 5.74) is 1.13. The van der Waals surface area contributed by atoms with Gasteiger partial charge in [0.05, 0.1) is 54.6 Å². The summed E-state index contributed by atoms with van der Waals surface area (Å²) in [5, 5.41) is 27.9. The van der Waals surface area contributed by atoms with Crippen LogP contribution in [0, 0.1) is 11.8 Å². The fraction of sp³-hybridized carbons (Fsp3) is 0.794. The molecule has 0 unspecified atom stereocenters. The quantitative estimate of drug-likeness (QED) is 0.237. The molecule has 2 heterocycles. The highest BCUT2D eigenvalue weighted by Crippen LogP contribution is 2.35. The fourth-order valence-corrected chi connectivity index (χ4v) is 7.73. The van der Waals surface area contributed by atoms with Crippen LogP contribution in [0.1, 0.15) is 96.6 Å². The summed E-state index contributed by atoms with van der Waals surface area (Å²) in [7, 11) is 0. The number of hydrogen-bond donors (Lipinski definition) is 3. The molecular weight excluding hydrogens is 624 g/mol. The highest BCUT2D eigenvalue weighted by atomic mass is 32.1. The third-order valence-electron chi connectivity index (χ3n) is 9.71. The van der Waals surface area contributed by atoms with Gasteiger partial charge in [-0.1, -0.05) is 51.4 Å². The van der Waals surface area contributed by atoms with Crippen molar-refractivity contribution in [3.8, 4) is 0 Å². The van der Waals surface area contributed by atoms with Crippen molar-refractivity contribution >= 4 is 35.0 Å². The van der Waals surface area contributed by atoms with Gasteiger partial charge in [0.15, 0.2) is 6.10 Å². The van der Waals surface area contributed by atoms with Crippen LogP contribution in [0.4, 0.5) is 0 Å². The van der Waals surface area contributed by atoms with Gasteiger partial charge in [0.1, 0.15) is 0 Å². The molecule has 2 aliphatic carbocycles. The van der Waals surface area contributed by atoms with Gasteiger partial charge in [0, 0.05) is 37.9 Å². The van der Waals surface area contributed by atoms with Crippen molar-refractivity contribution in [2.45, 2.75) is 121 Å². The Bertz CT molecular complexity index is 1150. The van der Waals surface area contributed by atoms with E-state index in [4.69, 9.17) is 9.47 Å². The average Bonchev–Trinajstić information content (AvgIpc) is 3.58. The standard InChI is InChI=1S/C34H54N4O8S/c1-24(2)46-33(43)31(41)28(17-25-9-5-3-6-10-25)38(22-34(44)11-7-4-8-12-34)32(42)26(18-27-21-47-23-36-27)19-29(39)35-20-30(40)37-13-15-45-16-14-37/h21,23-26,28,31,41,44H,3-20,22H2,1-2H3,(H,35,39)/t26-,28+,31-/m1/s1. The summed E-state index contributed by atoms with van der Waals surface area (Å²) in [5.74, 6) is -2.61. The normalized spacial score (nSPS) is 20.7. The predicted molar refractivity (Wildman–Crippen MR) is 176 cm³/mol. The van der Waals surface area contributed by atoms with Crippen molar-refractivity contribution < 1.29 is 38.9 Å². The summed E-state index contributed by atoms with van der Waals surface area (Å²) >= 11 is 1.38. The Morgan fingerprint density at radius 1 is 1.11 bits per heavy atom. The maximum Gasteiger partial charge on any atom is 0.337 e. The maximum atomic E-state index is 14.8. The average molecular weight is 679 g/mol. The van der Waals surface area contributed by atoms with E-state index in [1.54, 1.807) is 24.3 Å². The van der Waals surface area contributed by atoms with Crippen LogP contribution in [-0.2, 0) is 35.1 Å². The lowest BCUT2D eigenvalue weighted by atomic mass is 9.80. The number of carbonyl (C=O) groups is 4. The number of hydrogen-bond acceptors (Lipinski definition) is 10. The van der Waals surface area contributed by atoms with Crippen LogP contribution in [0.15, 0.2) is 10.9 Å². The number of aliphatic hydroxyl groups is 2. The van der Waals surface area contributed by atoms with Crippen LogP contribution in [0.25, 0.3) is 0 Å². The summed E-state index contributed by atoms with van der Waals surface area (Å²) < 4.78 is 10.7. The third-order valence-corrected chi connectivity index (χ3v) is 10.3. The number of aliphatic hydroxyl groups excluding tert-OH is 1. The Labute approximate surface area is 282 Å². The first-order valence-corrected chi connectivity index (χ1v) is 18.4. The van der Waals surface area contributed by atoms with Crippen molar-refractivity contribution in [2.75, 3.05) is 39.4 Å². The van der Waals surface area contributed by atoms with Gasteiger partial charge in [-0.2, -0.15) is 0 Å². The van der Waals surface area contributed by atoms with Gasteiger partial charge in [-0.05, 0) is 39.0 Å². The minimum absolute atomic E-state index is 0.0556. The van der Waals surface area contributed by atoms with Crippen LogP contribution in [0.5, 0.6) is 0 Å². The third kappa shape index (κ3) is 11.5. The Hall–Kier alpha value is -2.61. The molecule has 3 aliphatic rings. The topological polar surface area (TPSA) is 159 Å². The lowest BCUT2D eigenvalue weighted by molar-refractivity contribution is -0.167. The van der Waals surface area contributed by atoms with Crippen molar-refractivity contribution in [2.24, 2.45) is 11.8 Å². The number of thiazole rings is 1. The molecule has 12 nitrogen and oxygen atoms in total. The molecule has 2 saturated carbocycles. The van der Waals surface area contributed by atoms with E-state index < -0.39 is 47.6 Å². The molecule has 1 aromatic rings. The first-order valence-electron chi connectivity index (χ1n) is 17.5. The number of morpholine rings is 1. The zero-order chi connectivity index (χ0) is 33.8. The molecule has 4 rings (SSSR count). The molecular formula is C34H54N4O8S. The zero-order valence-corrected chi connectivity index (χ0v) is 28.9. The van der Waals surface area contributed by atoms with Crippen molar-refractivity contribution in [1.82, 2.24) is 20.1 Å². The number of carbonyl (C=O) groups excluding carboxylic acids is 4. The number of esters is 1. The highest BCUT2D eigenvalue weighted by molar-refractivity contribution is 7.07. The molecule has 0 bridgehead atoms. The second-order valence-corrected chi connectivity index (χ2v) is 14.6. The summed E-state index contributed by atoms with van der Waals surface area (Å²) in [6.07, 6.45) is 6.92. The molecule has 1 aliphatic heterocycles. The lowest BCUT2D eigenvalue weighted by Crippen LogP contribution is -2.58. The van der Waals surface area contributed by atoms with Crippen molar-refractivity contribution in [3.63, 3.8) is 0 Å². The van der Waals surface area contributed by atoms with Crippen molar-refractivity contribution in [3.05, 3.63) is 16.6 Å². The smallest absolute Gasteiger partial charge is 0.337 e.